The Hall–Kier alpha value is -2.47. The molecule has 1 saturated heterocycles. The number of nitrogen functional groups attached to an aromatic ring is 1. The fourth-order valence-electron chi connectivity index (χ4n) is 4.28. The third-order valence-electron chi connectivity index (χ3n) is 6.19. The lowest BCUT2D eigenvalue weighted by Crippen LogP contribution is -2.47. The van der Waals surface area contributed by atoms with E-state index in [1.165, 1.54) is 6.33 Å². The van der Waals surface area contributed by atoms with Gasteiger partial charge in [0.15, 0.2) is 11.5 Å². The number of hydrogen-bond acceptors (Lipinski definition) is 8. The van der Waals surface area contributed by atoms with Gasteiger partial charge in [-0.05, 0) is 31.4 Å². The number of nitrogens with zero attached hydrogens (tertiary/aromatic N) is 5. The second kappa shape index (κ2) is 9.29. The molecule has 2 fully saturated rings. The van der Waals surface area contributed by atoms with E-state index in [1.807, 2.05) is 16.7 Å². The summed E-state index contributed by atoms with van der Waals surface area (Å²) in [4.78, 5) is 26.9. The number of aromatic nitrogens is 4. The number of ether oxygens (including phenoxy) is 1. The number of imidazole rings is 1. The van der Waals surface area contributed by atoms with Gasteiger partial charge in [-0.3, -0.25) is 4.79 Å². The highest BCUT2D eigenvalue weighted by atomic mass is 79.9. The van der Waals surface area contributed by atoms with Gasteiger partial charge in [-0.15, -0.1) is 0 Å². The second-order valence-corrected chi connectivity index (χ2v) is 10.3. The number of hydrogen-bond donors (Lipinski definition) is 3. The van der Waals surface area contributed by atoms with E-state index < -0.39 is 5.54 Å². The Kier molecular flexibility index (Phi) is 6.36. The Morgan fingerprint density at radius 2 is 2.15 bits per heavy atom. The minimum absolute atomic E-state index is 0.0299. The van der Waals surface area contributed by atoms with Crippen LogP contribution in [0.5, 0.6) is 0 Å². The number of amides is 1. The van der Waals surface area contributed by atoms with Crippen molar-refractivity contribution in [3.8, 4) is 0 Å². The van der Waals surface area contributed by atoms with Gasteiger partial charge < -0.3 is 31.0 Å². The molecule has 0 spiro atoms. The fraction of sp³-hybridized carbons (Fsp3) is 0.455. The van der Waals surface area contributed by atoms with Gasteiger partial charge in [-0.1, -0.05) is 27.5 Å². The van der Waals surface area contributed by atoms with E-state index in [0.717, 1.165) is 41.5 Å². The molecule has 1 aliphatic carbocycles. The molecule has 3 aromatic rings. The van der Waals surface area contributed by atoms with Crippen LogP contribution in [-0.2, 0) is 16.1 Å². The summed E-state index contributed by atoms with van der Waals surface area (Å²) in [6, 6.07) is 4.14. The number of carbonyl (C=O) groups excluding carboxylic acids is 1. The van der Waals surface area contributed by atoms with Crippen molar-refractivity contribution in [1.29, 1.82) is 0 Å². The van der Waals surface area contributed by atoms with Crippen molar-refractivity contribution in [1.82, 2.24) is 24.8 Å². The van der Waals surface area contributed by atoms with Crippen molar-refractivity contribution < 1.29 is 9.53 Å². The molecule has 1 unspecified atom stereocenters. The average molecular weight is 550 g/mol. The SMILES string of the molecule is Nc1ncnc2c1ncn2Cc1c(Br)cc(Cl)cc1N1CCC(N)(COCC(=O)NC2CC2)C1. The standard InChI is InChI=1S/C22H26BrClN8O2/c23-16-5-13(24)6-17(15(16)7-32-12-29-19-20(25)27-11-28-21(19)32)31-4-3-22(26,9-31)10-34-8-18(33)30-14-1-2-14/h5-6,11-12,14H,1-4,7-10,26H2,(H,30,33)(H2,25,27,28). The smallest absolute Gasteiger partial charge is 0.246 e. The van der Waals surface area contributed by atoms with Gasteiger partial charge in [0.05, 0.1) is 25.0 Å². The topological polar surface area (TPSA) is 137 Å². The van der Waals surface area contributed by atoms with Gasteiger partial charge in [-0.2, -0.15) is 0 Å². The first kappa shape index (κ1) is 23.3. The molecule has 0 radical (unpaired) electrons. The molecule has 1 amide bonds. The minimum Gasteiger partial charge on any atom is -0.382 e. The Balaban J connectivity index is 1.32. The van der Waals surface area contributed by atoms with Crippen molar-refractivity contribution in [3.05, 3.63) is 39.8 Å². The summed E-state index contributed by atoms with van der Waals surface area (Å²) < 4.78 is 8.49. The molecule has 1 saturated carbocycles. The summed E-state index contributed by atoms with van der Waals surface area (Å²) in [6.07, 6.45) is 5.97. The van der Waals surface area contributed by atoms with Crippen LogP contribution in [0.25, 0.3) is 11.2 Å². The lowest BCUT2D eigenvalue weighted by Gasteiger charge is -2.27. The van der Waals surface area contributed by atoms with Crippen LogP contribution < -0.4 is 21.7 Å². The third kappa shape index (κ3) is 4.97. The molecule has 5 rings (SSSR count). The van der Waals surface area contributed by atoms with E-state index in [4.69, 9.17) is 27.8 Å². The first-order chi connectivity index (χ1) is 16.3. The fourth-order valence-corrected chi connectivity index (χ4v) is 5.20. The highest BCUT2D eigenvalue weighted by Crippen LogP contribution is 2.36. The number of benzene rings is 1. The van der Waals surface area contributed by atoms with Crippen molar-refractivity contribution >= 4 is 56.1 Å². The van der Waals surface area contributed by atoms with Crippen LogP contribution in [-0.4, -0.2) is 63.3 Å². The van der Waals surface area contributed by atoms with Crippen LogP contribution in [0.3, 0.4) is 0 Å². The van der Waals surface area contributed by atoms with Gasteiger partial charge in [0.25, 0.3) is 0 Å². The molecule has 180 valence electrons. The zero-order valence-corrected chi connectivity index (χ0v) is 20.8. The predicted molar refractivity (Wildman–Crippen MR) is 134 cm³/mol. The van der Waals surface area contributed by atoms with E-state index in [1.54, 1.807) is 6.33 Å². The number of halogens is 2. The number of nitrogens with two attached hydrogens (primary N) is 2. The van der Waals surface area contributed by atoms with Gasteiger partial charge in [-0.25, -0.2) is 15.0 Å². The zero-order valence-electron chi connectivity index (χ0n) is 18.5. The molecule has 10 nitrogen and oxygen atoms in total. The molecular formula is C22H26BrClN8O2. The average Bonchev–Trinajstić information content (AvgIpc) is 3.36. The quantitative estimate of drug-likeness (QED) is 0.388. The Bertz CT molecular complexity index is 1230. The van der Waals surface area contributed by atoms with Crippen LogP contribution in [0, 0.1) is 0 Å². The maximum atomic E-state index is 11.9. The van der Waals surface area contributed by atoms with Crippen molar-refractivity contribution in [2.45, 2.75) is 37.4 Å². The van der Waals surface area contributed by atoms with E-state index >= 15 is 0 Å². The van der Waals surface area contributed by atoms with Gasteiger partial charge in [0, 0.05) is 39.9 Å². The largest absolute Gasteiger partial charge is 0.382 e. The molecule has 2 aromatic heterocycles. The number of carbonyl (C=O) groups is 1. The van der Waals surface area contributed by atoms with Crippen LogP contribution in [0.1, 0.15) is 24.8 Å². The summed E-state index contributed by atoms with van der Waals surface area (Å²) >= 11 is 10.1. The number of rotatable bonds is 8. The monoisotopic (exact) mass is 548 g/mol. The maximum absolute atomic E-state index is 11.9. The second-order valence-electron chi connectivity index (χ2n) is 9.06. The minimum atomic E-state index is -0.560. The normalized spacial score (nSPS) is 20.3. The molecule has 2 aliphatic rings. The zero-order chi connectivity index (χ0) is 23.9. The summed E-state index contributed by atoms with van der Waals surface area (Å²) in [5.41, 5.74) is 15.3. The van der Waals surface area contributed by atoms with Crippen molar-refractivity contribution in [2.24, 2.45) is 5.73 Å². The Labute approximate surface area is 210 Å². The van der Waals surface area contributed by atoms with E-state index in [-0.39, 0.29) is 12.5 Å². The molecule has 1 aromatic carbocycles. The lowest BCUT2D eigenvalue weighted by atomic mass is 10.0. The summed E-state index contributed by atoms with van der Waals surface area (Å²) in [7, 11) is 0. The van der Waals surface area contributed by atoms with Crippen LogP contribution in [0.2, 0.25) is 5.02 Å². The molecule has 5 N–H and O–H groups in total. The molecule has 3 heterocycles. The van der Waals surface area contributed by atoms with Gasteiger partial charge in [0.1, 0.15) is 18.5 Å². The van der Waals surface area contributed by atoms with Crippen molar-refractivity contribution in [2.75, 3.05) is 36.9 Å². The van der Waals surface area contributed by atoms with E-state index in [0.29, 0.717) is 47.7 Å². The van der Waals surface area contributed by atoms with Crippen LogP contribution in [0.4, 0.5) is 11.5 Å². The van der Waals surface area contributed by atoms with E-state index in [2.05, 4.69) is 41.1 Å². The lowest BCUT2D eigenvalue weighted by molar-refractivity contribution is -0.126. The molecule has 0 bridgehead atoms. The first-order valence-corrected chi connectivity index (χ1v) is 12.3. The molecular weight excluding hydrogens is 524 g/mol. The summed E-state index contributed by atoms with van der Waals surface area (Å²) in [5, 5.41) is 3.54. The molecule has 1 aliphatic heterocycles. The summed E-state index contributed by atoms with van der Waals surface area (Å²) in [6.45, 7) is 2.17. The number of anilines is 2. The third-order valence-corrected chi connectivity index (χ3v) is 7.11. The van der Waals surface area contributed by atoms with Gasteiger partial charge in [0.2, 0.25) is 5.91 Å². The van der Waals surface area contributed by atoms with Crippen molar-refractivity contribution in [3.63, 3.8) is 0 Å². The predicted octanol–water partition coefficient (Wildman–Crippen LogP) is 2.08. The van der Waals surface area contributed by atoms with Crippen LogP contribution >= 0.6 is 27.5 Å². The Morgan fingerprint density at radius 1 is 1.32 bits per heavy atom. The molecule has 1 atom stereocenters. The highest BCUT2D eigenvalue weighted by Gasteiger charge is 2.36. The highest BCUT2D eigenvalue weighted by molar-refractivity contribution is 9.10. The summed E-state index contributed by atoms with van der Waals surface area (Å²) in [5.74, 6) is 0.261. The van der Waals surface area contributed by atoms with Gasteiger partial charge >= 0.3 is 0 Å². The molecule has 12 heteroatoms. The number of nitrogens with one attached hydrogen (secondary N) is 1. The molecule has 34 heavy (non-hydrogen) atoms. The van der Waals surface area contributed by atoms with E-state index in [9.17, 15) is 4.79 Å². The number of fused-ring (bicyclic) bond motifs is 1. The maximum Gasteiger partial charge on any atom is 0.246 e. The Morgan fingerprint density at radius 3 is 2.94 bits per heavy atom. The van der Waals surface area contributed by atoms with Crippen LogP contribution in [0.15, 0.2) is 29.3 Å². The first-order valence-electron chi connectivity index (χ1n) is 11.1.